The molecule has 0 aliphatic carbocycles. The summed E-state index contributed by atoms with van der Waals surface area (Å²) in [7, 11) is 2.93. The van der Waals surface area contributed by atoms with Crippen LogP contribution in [-0.4, -0.2) is 117 Å². The molecule has 0 aromatic heterocycles. The van der Waals surface area contributed by atoms with Crippen molar-refractivity contribution in [2.24, 2.45) is 0 Å². The van der Waals surface area contributed by atoms with Gasteiger partial charge in [0.05, 0.1) is 86.9 Å². The molecule has 0 radical (unpaired) electrons. The van der Waals surface area contributed by atoms with E-state index in [1.165, 1.54) is 38.5 Å². The number of aliphatic hydroxyl groups excluding tert-OH is 1. The highest BCUT2D eigenvalue weighted by Gasteiger charge is 2.26. The highest BCUT2D eigenvalue weighted by molar-refractivity contribution is 6.49. The van der Waals surface area contributed by atoms with E-state index in [2.05, 4.69) is 0 Å². The van der Waals surface area contributed by atoms with Crippen molar-refractivity contribution in [3.63, 3.8) is 0 Å². The molecule has 0 spiro atoms. The zero-order chi connectivity index (χ0) is 30.0. The van der Waals surface area contributed by atoms with Crippen LogP contribution in [0.3, 0.4) is 0 Å². The van der Waals surface area contributed by atoms with E-state index >= 15 is 0 Å². The molecule has 3 rings (SSSR count). The predicted molar refractivity (Wildman–Crippen MR) is 147 cm³/mol. The van der Waals surface area contributed by atoms with Gasteiger partial charge in [0, 0.05) is 11.1 Å². The number of Topliss-reactive ketones (excluding diaryl/α,β-unsaturated/α-hetero) is 2. The average molecular weight is 595 g/mol. The SMILES string of the molecule is COc1ccc(C(=O)C(=O)c2cc(OCCOCCOCCOCCOCCOCCO)c3c(c2)OCO3)cc1OC. The Hall–Kier alpha value is -3.46. The second kappa shape index (κ2) is 18.9. The van der Waals surface area contributed by atoms with E-state index in [9.17, 15) is 9.59 Å². The van der Waals surface area contributed by atoms with Gasteiger partial charge in [-0.2, -0.15) is 0 Å². The Kier molecular flexibility index (Phi) is 14.8. The van der Waals surface area contributed by atoms with Gasteiger partial charge in [0.15, 0.2) is 23.0 Å². The van der Waals surface area contributed by atoms with Crippen molar-refractivity contribution in [1.82, 2.24) is 0 Å². The van der Waals surface area contributed by atoms with Gasteiger partial charge in [-0.1, -0.05) is 0 Å². The Morgan fingerprint density at radius 3 is 1.74 bits per heavy atom. The van der Waals surface area contributed by atoms with Crippen LogP contribution in [0, 0.1) is 0 Å². The average Bonchev–Trinajstić information content (AvgIpc) is 3.50. The summed E-state index contributed by atoms with van der Waals surface area (Å²) in [5.41, 5.74) is 0.259. The first-order valence-electron chi connectivity index (χ1n) is 13.5. The maximum atomic E-state index is 13.0. The molecule has 13 nitrogen and oxygen atoms in total. The Morgan fingerprint density at radius 2 is 1.17 bits per heavy atom. The van der Waals surface area contributed by atoms with E-state index in [1.54, 1.807) is 6.07 Å². The summed E-state index contributed by atoms with van der Waals surface area (Å²) in [5, 5.41) is 8.60. The quantitative estimate of drug-likeness (QED) is 0.114. The second-order valence-electron chi connectivity index (χ2n) is 8.57. The molecule has 0 unspecified atom stereocenters. The molecular weight excluding hydrogens is 556 g/mol. The maximum absolute atomic E-state index is 13.0. The van der Waals surface area contributed by atoms with E-state index < -0.39 is 11.6 Å². The lowest BCUT2D eigenvalue weighted by Crippen LogP contribution is -2.16. The first-order chi connectivity index (χ1) is 20.6. The molecule has 1 heterocycles. The van der Waals surface area contributed by atoms with E-state index in [-0.39, 0.29) is 43.5 Å². The summed E-state index contributed by atoms with van der Waals surface area (Å²) in [6, 6.07) is 7.42. The number of rotatable bonds is 23. The molecule has 0 bridgehead atoms. The van der Waals surface area contributed by atoms with Gasteiger partial charge in [-0.25, -0.2) is 0 Å². The number of fused-ring (bicyclic) bond motifs is 1. The Morgan fingerprint density at radius 1 is 0.643 bits per heavy atom. The third kappa shape index (κ3) is 10.4. The number of carbonyl (C=O) groups excluding carboxylic acids is 2. The molecule has 0 saturated heterocycles. The lowest BCUT2D eigenvalue weighted by molar-refractivity contribution is -0.0147. The lowest BCUT2D eigenvalue weighted by atomic mass is 10.0. The van der Waals surface area contributed by atoms with Gasteiger partial charge in [-0.05, 0) is 30.3 Å². The highest BCUT2D eigenvalue weighted by atomic mass is 16.7. The van der Waals surface area contributed by atoms with Gasteiger partial charge in [0.1, 0.15) is 6.61 Å². The monoisotopic (exact) mass is 594 g/mol. The van der Waals surface area contributed by atoms with Crippen molar-refractivity contribution in [3.8, 4) is 28.7 Å². The Labute approximate surface area is 244 Å². The van der Waals surface area contributed by atoms with Crippen LogP contribution in [0.4, 0.5) is 0 Å². The zero-order valence-corrected chi connectivity index (χ0v) is 23.9. The van der Waals surface area contributed by atoms with Crippen LogP contribution >= 0.6 is 0 Å². The summed E-state index contributed by atoms with van der Waals surface area (Å²) in [6.45, 7) is 4.11. The fourth-order valence-electron chi connectivity index (χ4n) is 3.71. The van der Waals surface area contributed by atoms with Crippen LogP contribution < -0.4 is 23.7 Å². The van der Waals surface area contributed by atoms with Crippen LogP contribution in [0.2, 0.25) is 0 Å². The summed E-state index contributed by atoms with van der Waals surface area (Å²) in [5.74, 6) is 0.261. The summed E-state index contributed by atoms with van der Waals surface area (Å²) < 4.78 is 53.9. The van der Waals surface area contributed by atoms with Gasteiger partial charge in [-0.3, -0.25) is 9.59 Å². The van der Waals surface area contributed by atoms with Crippen LogP contribution in [0.15, 0.2) is 30.3 Å². The number of benzene rings is 2. The number of hydrogen-bond acceptors (Lipinski definition) is 13. The molecular formula is C29H38O13. The lowest BCUT2D eigenvalue weighted by Gasteiger charge is -2.12. The molecule has 1 aliphatic rings. The zero-order valence-electron chi connectivity index (χ0n) is 23.9. The van der Waals surface area contributed by atoms with Crippen molar-refractivity contribution in [2.75, 3.05) is 100 Å². The van der Waals surface area contributed by atoms with Crippen LogP contribution in [0.5, 0.6) is 28.7 Å². The molecule has 2 aromatic carbocycles. The smallest absolute Gasteiger partial charge is 0.233 e. The second-order valence-corrected chi connectivity index (χ2v) is 8.57. The van der Waals surface area contributed by atoms with Crippen molar-refractivity contribution in [1.29, 1.82) is 0 Å². The standard InChI is InChI=1S/C29H38O13/c1-33-23-4-3-21(17-24(23)34-2)27(31)28(32)22-18-25(29-26(19-22)41-20-42-29)40-16-15-39-14-13-38-12-11-37-10-9-36-8-7-35-6-5-30/h3-4,17-19,30H,5-16,20H2,1-2H3. The number of ether oxygens (including phenoxy) is 10. The summed E-state index contributed by atoms with van der Waals surface area (Å²) >= 11 is 0. The molecule has 0 saturated carbocycles. The molecule has 0 atom stereocenters. The van der Waals surface area contributed by atoms with E-state index in [1.807, 2.05) is 0 Å². The number of ketones is 2. The van der Waals surface area contributed by atoms with Gasteiger partial charge in [0.25, 0.3) is 0 Å². The van der Waals surface area contributed by atoms with Gasteiger partial charge in [0.2, 0.25) is 24.1 Å². The molecule has 0 amide bonds. The van der Waals surface area contributed by atoms with Gasteiger partial charge < -0.3 is 52.5 Å². The fraction of sp³-hybridized carbons (Fsp3) is 0.517. The van der Waals surface area contributed by atoms with Gasteiger partial charge in [-0.15, -0.1) is 0 Å². The van der Waals surface area contributed by atoms with Crippen LogP contribution in [0.1, 0.15) is 20.7 Å². The Bertz CT molecular complexity index is 1120. The van der Waals surface area contributed by atoms with Gasteiger partial charge >= 0.3 is 0 Å². The molecule has 13 heteroatoms. The Balaban J connectivity index is 1.35. The van der Waals surface area contributed by atoms with E-state index in [4.69, 9.17) is 52.5 Å². The molecule has 1 aliphatic heterocycles. The molecule has 2 aromatic rings. The summed E-state index contributed by atoms with van der Waals surface area (Å²) in [4.78, 5) is 26.0. The van der Waals surface area contributed by atoms with Crippen LogP contribution in [0.25, 0.3) is 0 Å². The molecule has 1 N–H and O–H groups in total. The van der Waals surface area contributed by atoms with Crippen molar-refractivity contribution in [3.05, 3.63) is 41.5 Å². The third-order valence-electron chi connectivity index (χ3n) is 5.76. The first-order valence-corrected chi connectivity index (χ1v) is 13.5. The number of hydrogen-bond donors (Lipinski definition) is 1. The topological polar surface area (TPSA) is 147 Å². The minimum atomic E-state index is -0.737. The fourth-order valence-corrected chi connectivity index (χ4v) is 3.71. The first kappa shape index (κ1) is 33.0. The minimum absolute atomic E-state index is 0.000760. The maximum Gasteiger partial charge on any atom is 0.233 e. The normalized spacial score (nSPS) is 11.9. The van der Waals surface area contributed by atoms with Crippen molar-refractivity contribution < 1.29 is 62.1 Å². The molecule has 0 fully saturated rings. The largest absolute Gasteiger partial charge is 0.493 e. The van der Waals surface area contributed by atoms with E-state index in [0.717, 1.165) is 0 Å². The minimum Gasteiger partial charge on any atom is -0.493 e. The van der Waals surface area contributed by atoms with E-state index in [0.29, 0.717) is 82.5 Å². The number of methoxy groups -OCH3 is 2. The summed E-state index contributed by atoms with van der Waals surface area (Å²) in [6.07, 6.45) is 0. The van der Waals surface area contributed by atoms with Crippen molar-refractivity contribution >= 4 is 11.6 Å². The van der Waals surface area contributed by atoms with Crippen molar-refractivity contribution in [2.45, 2.75) is 0 Å². The molecule has 42 heavy (non-hydrogen) atoms. The number of aliphatic hydroxyl groups is 1. The van der Waals surface area contributed by atoms with Crippen LogP contribution in [-0.2, 0) is 23.7 Å². The highest BCUT2D eigenvalue weighted by Crippen LogP contribution is 2.42. The third-order valence-corrected chi connectivity index (χ3v) is 5.76. The predicted octanol–water partition coefficient (Wildman–Crippen LogP) is 1.95. The molecule has 232 valence electrons. The number of carbonyl (C=O) groups is 2.